The Bertz CT molecular complexity index is 1640. The number of nitrogens with one attached hydrogen (secondary N) is 1. The largest absolute Gasteiger partial charge is 0.379 e. The summed E-state index contributed by atoms with van der Waals surface area (Å²) in [6.45, 7) is 13.8. The smallest absolute Gasteiger partial charge is 0.0808 e. The van der Waals surface area contributed by atoms with E-state index in [4.69, 9.17) is 4.98 Å². The topological polar surface area (TPSA) is 24.9 Å². The Morgan fingerprint density at radius 2 is 1.39 bits per heavy atom. The molecule has 1 aromatic heterocycles. The number of hydrogen-bond acceptors (Lipinski definition) is 2. The number of anilines is 1. The van der Waals surface area contributed by atoms with Crippen LogP contribution in [-0.4, -0.2) is 10.5 Å². The summed E-state index contributed by atoms with van der Waals surface area (Å²) in [4.78, 5) is 5.56. The highest BCUT2D eigenvalue weighted by Crippen LogP contribution is 2.49. The van der Waals surface area contributed by atoms with Crippen LogP contribution in [0.1, 0.15) is 50.8 Å². The molecule has 5 aromatic rings. The molecule has 0 saturated carbocycles. The molecule has 0 radical (unpaired) electrons. The summed E-state index contributed by atoms with van der Waals surface area (Å²) in [6, 6.07) is 28.8. The van der Waals surface area contributed by atoms with Crippen LogP contribution in [0.5, 0.6) is 0 Å². The van der Waals surface area contributed by atoms with Crippen molar-refractivity contribution in [3.05, 3.63) is 95.6 Å². The Labute approximate surface area is 214 Å². The van der Waals surface area contributed by atoms with Crippen LogP contribution in [0, 0.1) is 13.8 Å². The highest BCUT2D eigenvalue weighted by atomic mass is 15.0. The van der Waals surface area contributed by atoms with Crippen LogP contribution >= 0.6 is 0 Å². The second-order valence-corrected chi connectivity index (χ2v) is 11.1. The number of fused-ring (bicyclic) bond motifs is 6. The maximum Gasteiger partial charge on any atom is 0.0808 e. The minimum Gasteiger partial charge on any atom is -0.379 e. The Hall–Kier alpha value is -3.65. The maximum absolute atomic E-state index is 5.56. The van der Waals surface area contributed by atoms with Gasteiger partial charge in [-0.2, -0.15) is 0 Å². The standard InChI is InChI=1S/C34H34N2/c1-7-34(6)27-20-19-26(29-21(2)13-12-14-22(29)3)30-23-15-8-9-16-24(23)31(35-32(27)30)25-17-10-11-18-28(25)36-33(34,4)5/h8-20,36H,7H2,1-6H3. The van der Waals surface area contributed by atoms with E-state index in [1.54, 1.807) is 0 Å². The number of aromatic nitrogens is 1. The van der Waals surface area contributed by atoms with Gasteiger partial charge in [0.15, 0.2) is 0 Å². The number of nitrogens with zero attached hydrogens (tertiary/aromatic N) is 1. The normalized spacial score (nSPS) is 18.4. The van der Waals surface area contributed by atoms with E-state index in [1.165, 1.54) is 44.0 Å². The molecule has 0 fully saturated rings. The lowest BCUT2D eigenvalue weighted by molar-refractivity contribution is 0.297. The molecule has 1 N–H and O–H groups in total. The molecule has 180 valence electrons. The Morgan fingerprint density at radius 1 is 0.722 bits per heavy atom. The zero-order valence-corrected chi connectivity index (χ0v) is 22.2. The van der Waals surface area contributed by atoms with Crippen molar-refractivity contribution in [2.45, 2.75) is 58.9 Å². The van der Waals surface area contributed by atoms with Crippen molar-refractivity contribution in [1.82, 2.24) is 4.98 Å². The molecule has 2 heterocycles. The monoisotopic (exact) mass is 470 g/mol. The summed E-state index contributed by atoms with van der Waals surface area (Å²) in [7, 11) is 0. The van der Waals surface area contributed by atoms with Crippen molar-refractivity contribution in [2.24, 2.45) is 0 Å². The lowest BCUT2D eigenvalue weighted by Gasteiger charge is -2.46. The summed E-state index contributed by atoms with van der Waals surface area (Å²) < 4.78 is 0. The summed E-state index contributed by atoms with van der Waals surface area (Å²) >= 11 is 0. The van der Waals surface area contributed by atoms with Crippen molar-refractivity contribution < 1.29 is 0 Å². The molecule has 36 heavy (non-hydrogen) atoms. The molecule has 1 aliphatic rings. The molecule has 2 heteroatoms. The van der Waals surface area contributed by atoms with Crippen LogP contribution in [0.3, 0.4) is 0 Å². The van der Waals surface area contributed by atoms with Gasteiger partial charge in [-0.05, 0) is 73.4 Å². The fraction of sp³-hybridized carbons (Fsp3) is 0.265. The van der Waals surface area contributed by atoms with E-state index in [0.717, 1.165) is 28.9 Å². The zero-order valence-electron chi connectivity index (χ0n) is 22.2. The van der Waals surface area contributed by atoms with Gasteiger partial charge >= 0.3 is 0 Å². The average Bonchev–Trinajstić information content (AvgIpc) is 2.89. The number of pyridine rings is 1. The zero-order chi connectivity index (χ0) is 25.2. The van der Waals surface area contributed by atoms with E-state index in [9.17, 15) is 0 Å². The number of benzene rings is 4. The molecule has 1 aliphatic heterocycles. The van der Waals surface area contributed by atoms with Gasteiger partial charge in [0, 0.05) is 33.0 Å². The maximum atomic E-state index is 5.56. The lowest BCUT2D eigenvalue weighted by atomic mass is 9.65. The summed E-state index contributed by atoms with van der Waals surface area (Å²) in [5.41, 5.74) is 10.6. The highest BCUT2D eigenvalue weighted by molar-refractivity contribution is 6.18. The van der Waals surface area contributed by atoms with Crippen LogP contribution in [-0.2, 0) is 5.41 Å². The SMILES string of the molecule is CCC1(C)c2ccc(-c3c(C)cccc3C)c3c2nc(c2ccccc23)-c2ccccc2NC1(C)C. The number of hydrogen-bond donors (Lipinski definition) is 1. The molecule has 1 unspecified atom stereocenters. The molecular formula is C34H34N2. The van der Waals surface area contributed by atoms with Crippen molar-refractivity contribution >= 4 is 27.4 Å². The predicted octanol–water partition coefficient (Wildman–Crippen LogP) is 9.21. The van der Waals surface area contributed by atoms with Crippen LogP contribution in [0.25, 0.3) is 44.1 Å². The first kappa shape index (κ1) is 22.8. The molecule has 2 nitrogen and oxygen atoms in total. The van der Waals surface area contributed by atoms with Gasteiger partial charge in [-0.3, -0.25) is 0 Å². The first-order chi connectivity index (χ1) is 17.3. The van der Waals surface area contributed by atoms with E-state index in [-0.39, 0.29) is 11.0 Å². The number of aryl methyl sites for hydroxylation is 2. The first-order valence-corrected chi connectivity index (χ1v) is 13.1. The predicted molar refractivity (Wildman–Crippen MR) is 155 cm³/mol. The van der Waals surface area contributed by atoms with Gasteiger partial charge in [-0.15, -0.1) is 0 Å². The fourth-order valence-corrected chi connectivity index (χ4v) is 6.40. The second kappa shape index (κ2) is 7.93. The van der Waals surface area contributed by atoms with E-state index >= 15 is 0 Å². The summed E-state index contributed by atoms with van der Waals surface area (Å²) in [6.07, 6.45) is 0.997. The van der Waals surface area contributed by atoms with Gasteiger partial charge < -0.3 is 5.32 Å². The Balaban J connectivity index is 1.89. The van der Waals surface area contributed by atoms with Crippen molar-refractivity contribution in [1.29, 1.82) is 0 Å². The number of para-hydroxylation sites is 1. The summed E-state index contributed by atoms with van der Waals surface area (Å²) in [5.74, 6) is 0. The number of rotatable bonds is 2. The molecule has 0 aliphatic carbocycles. The third-order valence-corrected chi connectivity index (χ3v) is 8.91. The first-order valence-electron chi connectivity index (χ1n) is 13.1. The van der Waals surface area contributed by atoms with E-state index < -0.39 is 0 Å². The second-order valence-electron chi connectivity index (χ2n) is 11.1. The van der Waals surface area contributed by atoms with E-state index in [0.29, 0.717) is 0 Å². The third-order valence-electron chi connectivity index (χ3n) is 8.91. The van der Waals surface area contributed by atoms with Crippen LogP contribution in [0.15, 0.2) is 78.9 Å². The van der Waals surface area contributed by atoms with Gasteiger partial charge in [-0.25, -0.2) is 4.98 Å². The fourth-order valence-electron chi connectivity index (χ4n) is 6.40. The van der Waals surface area contributed by atoms with Crippen molar-refractivity contribution in [3.63, 3.8) is 0 Å². The van der Waals surface area contributed by atoms with Crippen LogP contribution in [0.2, 0.25) is 0 Å². The summed E-state index contributed by atoms with van der Waals surface area (Å²) in [5, 5.41) is 7.69. The average molecular weight is 471 g/mol. The van der Waals surface area contributed by atoms with Crippen molar-refractivity contribution in [2.75, 3.05) is 5.32 Å². The minimum atomic E-state index is -0.203. The molecule has 0 spiro atoms. The highest BCUT2D eigenvalue weighted by Gasteiger charge is 2.44. The molecule has 0 saturated heterocycles. The Kier molecular flexibility index (Phi) is 5.02. The van der Waals surface area contributed by atoms with Gasteiger partial charge in [0.2, 0.25) is 0 Å². The lowest BCUT2D eigenvalue weighted by Crippen LogP contribution is -2.50. The minimum absolute atomic E-state index is 0.144. The molecule has 0 amide bonds. The van der Waals surface area contributed by atoms with E-state index in [1.807, 2.05) is 0 Å². The molecular weight excluding hydrogens is 436 g/mol. The van der Waals surface area contributed by atoms with E-state index in [2.05, 4.69) is 126 Å². The molecule has 1 atom stereocenters. The molecule has 6 rings (SSSR count). The third kappa shape index (κ3) is 3.07. The van der Waals surface area contributed by atoms with Crippen molar-refractivity contribution in [3.8, 4) is 22.4 Å². The van der Waals surface area contributed by atoms with Gasteiger partial charge in [0.05, 0.1) is 11.2 Å². The Morgan fingerprint density at radius 3 is 2.11 bits per heavy atom. The molecule has 4 aromatic carbocycles. The van der Waals surface area contributed by atoms with Crippen LogP contribution < -0.4 is 5.32 Å². The van der Waals surface area contributed by atoms with Gasteiger partial charge in [0.1, 0.15) is 0 Å². The van der Waals surface area contributed by atoms with Gasteiger partial charge in [-0.1, -0.05) is 86.6 Å². The molecule has 2 bridgehead atoms. The van der Waals surface area contributed by atoms with Crippen LogP contribution in [0.4, 0.5) is 5.69 Å². The quantitative estimate of drug-likeness (QED) is 0.260. The van der Waals surface area contributed by atoms with Gasteiger partial charge in [0.25, 0.3) is 0 Å².